The molecule has 1 aliphatic heterocycles. The summed E-state index contributed by atoms with van der Waals surface area (Å²) in [4.78, 5) is 26.3. The Kier molecular flexibility index (Phi) is 5.09. The van der Waals surface area contributed by atoms with Crippen molar-refractivity contribution < 1.29 is 13.6 Å². The molecule has 162 valence electrons. The average Bonchev–Trinajstić information content (AvgIpc) is 3.50. The third-order valence-corrected chi connectivity index (χ3v) is 6.48. The molecule has 0 unspecified atom stereocenters. The minimum absolute atomic E-state index is 0.00858. The third-order valence-electron chi connectivity index (χ3n) is 5.34. The van der Waals surface area contributed by atoms with Gasteiger partial charge in [-0.2, -0.15) is 9.65 Å². The van der Waals surface area contributed by atoms with Gasteiger partial charge in [0.1, 0.15) is 22.2 Å². The van der Waals surface area contributed by atoms with E-state index >= 15 is 0 Å². The molecular formula is C22H18F2N6OS. The first-order chi connectivity index (χ1) is 15.1. The van der Waals surface area contributed by atoms with E-state index in [0.29, 0.717) is 11.1 Å². The molecular weight excluding hydrogens is 434 g/mol. The smallest absolute Gasteiger partial charge is 0.247 e. The van der Waals surface area contributed by atoms with E-state index in [2.05, 4.69) is 15.0 Å². The van der Waals surface area contributed by atoms with Crippen LogP contribution in [0, 0.1) is 17.3 Å². The maximum absolute atomic E-state index is 15.0. The summed E-state index contributed by atoms with van der Waals surface area (Å²) < 4.78 is 28.8. The minimum Gasteiger partial charge on any atom is -0.378 e. The van der Waals surface area contributed by atoms with E-state index in [1.807, 2.05) is 6.07 Å². The molecule has 0 bridgehead atoms. The Bertz CT molecular complexity index is 1260. The molecule has 10 heteroatoms. The Morgan fingerprint density at radius 3 is 2.69 bits per heavy atom. The van der Waals surface area contributed by atoms with Crippen molar-refractivity contribution in [2.75, 3.05) is 14.1 Å². The molecule has 0 radical (unpaired) electrons. The van der Waals surface area contributed by atoms with Gasteiger partial charge in [0, 0.05) is 43.7 Å². The number of halogens is 2. The fraction of sp³-hybridized carbons (Fsp3) is 0.227. The van der Waals surface area contributed by atoms with Gasteiger partial charge in [0.05, 0.1) is 11.3 Å². The van der Waals surface area contributed by atoms with E-state index in [-0.39, 0.29) is 27.9 Å². The lowest BCUT2D eigenvalue weighted by molar-refractivity contribution is -0.128. The van der Waals surface area contributed by atoms with Gasteiger partial charge in [0.25, 0.3) is 0 Å². The number of amidine groups is 1. The van der Waals surface area contributed by atoms with Gasteiger partial charge in [0.15, 0.2) is 5.17 Å². The van der Waals surface area contributed by atoms with Crippen LogP contribution >= 0.6 is 11.8 Å². The number of amides is 1. The van der Waals surface area contributed by atoms with Crippen molar-refractivity contribution in [2.45, 2.75) is 17.2 Å². The lowest BCUT2D eigenvalue weighted by Gasteiger charge is -2.34. The van der Waals surface area contributed by atoms with Gasteiger partial charge < -0.3 is 10.6 Å². The molecule has 3 heterocycles. The Morgan fingerprint density at radius 2 is 2.06 bits per heavy atom. The molecule has 0 fully saturated rings. The number of pyridine rings is 2. The van der Waals surface area contributed by atoms with Gasteiger partial charge in [-0.3, -0.25) is 9.78 Å². The number of thioether (sulfide) groups is 1. The Balaban J connectivity index is 1.73. The van der Waals surface area contributed by atoms with Crippen LogP contribution in [0.3, 0.4) is 0 Å². The molecule has 2 N–H and O–H groups in total. The summed E-state index contributed by atoms with van der Waals surface area (Å²) in [6.07, 6.45) is 5.27. The highest BCUT2D eigenvalue weighted by atomic mass is 32.2. The van der Waals surface area contributed by atoms with Crippen LogP contribution in [0.2, 0.25) is 0 Å². The highest BCUT2D eigenvalue weighted by Gasteiger charge is 2.63. The molecule has 2 aromatic heterocycles. The van der Waals surface area contributed by atoms with Crippen LogP contribution in [0.15, 0.2) is 47.2 Å². The highest BCUT2D eigenvalue weighted by molar-refractivity contribution is 8.16. The monoisotopic (exact) mass is 452 g/mol. The van der Waals surface area contributed by atoms with E-state index in [4.69, 9.17) is 11.0 Å². The molecule has 1 amide bonds. The van der Waals surface area contributed by atoms with Gasteiger partial charge in [-0.15, -0.1) is 0 Å². The van der Waals surface area contributed by atoms with Crippen LogP contribution in [0.5, 0.6) is 0 Å². The van der Waals surface area contributed by atoms with Crippen molar-refractivity contribution in [3.8, 4) is 6.07 Å². The van der Waals surface area contributed by atoms with Gasteiger partial charge in [-0.25, -0.2) is 14.4 Å². The zero-order valence-corrected chi connectivity index (χ0v) is 18.2. The lowest BCUT2D eigenvalue weighted by Crippen LogP contribution is -2.43. The summed E-state index contributed by atoms with van der Waals surface area (Å²) in [5.41, 5.74) is 5.95. The van der Waals surface area contributed by atoms with Crippen LogP contribution in [0.1, 0.15) is 29.3 Å². The number of rotatable bonds is 4. The second-order valence-corrected chi connectivity index (χ2v) is 9.02. The van der Waals surface area contributed by atoms with E-state index < -0.39 is 22.1 Å². The van der Waals surface area contributed by atoms with Crippen molar-refractivity contribution in [3.63, 3.8) is 0 Å². The number of aliphatic imine (C=N–C) groups is 1. The van der Waals surface area contributed by atoms with Crippen LogP contribution in [-0.2, 0) is 10.3 Å². The molecule has 4 rings (SSSR count). The van der Waals surface area contributed by atoms with Gasteiger partial charge in [0.2, 0.25) is 11.9 Å². The largest absolute Gasteiger partial charge is 0.378 e. The van der Waals surface area contributed by atoms with Crippen LogP contribution in [0.4, 0.5) is 8.78 Å². The summed E-state index contributed by atoms with van der Waals surface area (Å²) in [5, 5.41) is 8.97. The van der Waals surface area contributed by atoms with E-state index in [0.717, 1.165) is 24.0 Å². The van der Waals surface area contributed by atoms with Crippen molar-refractivity contribution in [3.05, 3.63) is 70.6 Å². The maximum Gasteiger partial charge on any atom is 0.247 e. The highest BCUT2D eigenvalue weighted by Crippen LogP contribution is 2.60. The van der Waals surface area contributed by atoms with Crippen LogP contribution < -0.4 is 5.73 Å². The predicted octanol–water partition coefficient (Wildman–Crippen LogP) is 3.00. The third kappa shape index (κ3) is 3.44. The second kappa shape index (κ2) is 7.53. The molecule has 0 saturated carbocycles. The number of aromatic nitrogens is 2. The summed E-state index contributed by atoms with van der Waals surface area (Å²) in [5.74, 6) is -1.73. The van der Waals surface area contributed by atoms with Crippen molar-refractivity contribution in [2.24, 2.45) is 10.7 Å². The van der Waals surface area contributed by atoms with Gasteiger partial charge in [-0.05, 0) is 30.7 Å². The predicted molar refractivity (Wildman–Crippen MR) is 118 cm³/mol. The van der Waals surface area contributed by atoms with Crippen molar-refractivity contribution in [1.82, 2.24) is 14.9 Å². The minimum atomic E-state index is -1.30. The number of nitrogens with two attached hydrogens (primary N) is 1. The standard InChI is InChI=1S/C22H18F2N6OS/c1-21(17-8-22(17,19(31)30(2)3)32-20(26)29-21)15-6-13(11-28-18(15)24)16(23)7-14-5-4-12(9-25)10-27-14/h4-8,10-11H,1-3H3,(H2,26,29)/b16-7-/t21-,22+/m1/s1. The fourth-order valence-electron chi connectivity index (χ4n) is 3.67. The number of carbonyl (C=O) groups is 1. The van der Waals surface area contributed by atoms with Crippen LogP contribution in [0.25, 0.3) is 11.9 Å². The number of hydrogen-bond donors (Lipinski definition) is 1. The normalized spacial score (nSPS) is 24.1. The maximum atomic E-state index is 15.0. The number of fused-ring (bicyclic) bond motifs is 1. The first-order valence-electron chi connectivity index (χ1n) is 9.50. The molecule has 0 aromatic carbocycles. The van der Waals surface area contributed by atoms with Crippen LogP contribution in [-0.4, -0.2) is 44.8 Å². The number of nitriles is 1. The molecule has 32 heavy (non-hydrogen) atoms. The zero-order chi connectivity index (χ0) is 23.3. The molecule has 2 atom stereocenters. The molecule has 0 saturated heterocycles. The SMILES string of the molecule is CN(C)C(=O)[C@]12C=C1[C@@](C)(c1cc(/C(F)=C/c3ccc(C#N)cn3)cnc1F)N=C(N)S2. The summed E-state index contributed by atoms with van der Waals surface area (Å²) in [6, 6.07) is 6.26. The van der Waals surface area contributed by atoms with E-state index in [1.54, 1.807) is 27.1 Å². The van der Waals surface area contributed by atoms with Crippen molar-refractivity contribution >= 4 is 34.7 Å². The van der Waals surface area contributed by atoms with E-state index in [9.17, 15) is 13.6 Å². The zero-order valence-electron chi connectivity index (χ0n) is 17.4. The lowest BCUT2D eigenvalue weighted by atomic mass is 9.87. The quantitative estimate of drug-likeness (QED) is 0.564. The van der Waals surface area contributed by atoms with E-state index in [1.165, 1.54) is 29.3 Å². The van der Waals surface area contributed by atoms with Crippen molar-refractivity contribution in [1.29, 1.82) is 5.26 Å². The number of carbonyl (C=O) groups excluding carboxylic acids is 1. The Morgan fingerprint density at radius 1 is 1.31 bits per heavy atom. The summed E-state index contributed by atoms with van der Waals surface area (Å²) >= 11 is 1.10. The summed E-state index contributed by atoms with van der Waals surface area (Å²) in [7, 11) is 3.25. The second-order valence-electron chi connectivity index (χ2n) is 7.76. The van der Waals surface area contributed by atoms with Gasteiger partial charge in [-0.1, -0.05) is 17.8 Å². The van der Waals surface area contributed by atoms with Gasteiger partial charge >= 0.3 is 0 Å². The molecule has 1 aliphatic carbocycles. The Hall–Kier alpha value is -3.58. The molecule has 2 aromatic rings. The first-order valence-corrected chi connectivity index (χ1v) is 10.3. The Labute approximate surface area is 187 Å². The molecule has 0 spiro atoms. The fourth-order valence-corrected chi connectivity index (χ4v) is 4.98. The first kappa shape index (κ1) is 21.6. The summed E-state index contributed by atoms with van der Waals surface area (Å²) in [6.45, 7) is 1.63. The average molecular weight is 452 g/mol. The topological polar surface area (TPSA) is 108 Å². The molecule has 7 nitrogen and oxygen atoms in total. The number of nitrogens with zero attached hydrogens (tertiary/aromatic N) is 5. The number of hydrogen-bond acceptors (Lipinski definition) is 7. The molecule has 2 aliphatic rings.